The topological polar surface area (TPSA) is 33.0 Å². The molecule has 0 bridgehead atoms. The number of hydrogen-bond acceptors (Lipinski definition) is 2. The van der Waals surface area contributed by atoms with Crippen LogP contribution in [-0.4, -0.2) is 7.11 Å². The number of nitrogens with zero attached hydrogens (tertiary/aromatic N) is 1. The molecule has 0 aliphatic carbocycles. The number of rotatable bonds is 2. The van der Waals surface area contributed by atoms with E-state index in [-0.39, 0.29) is 12.2 Å². The van der Waals surface area contributed by atoms with Gasteiger partial charge in [0.15, 0.2) is 0 Å². The van der Waals surface area contributed by atoms with Crippen molar-refractivity contribution < 1.29 is 9.13 Å². The summed E-state index contributed by atoms with van der Waals surface area (Å²) in [6.45, 7) is 3.52. The minimum absolute atomic E-state index is 0.0392. The zero-order chi connectivity index (χ0) is 10.7. The minimum atomic E-state index is -0.339. The molecule has 74 valence electrons. The summed E-state index contributed by atoms with van der Waals surface area (Å²) in [6.07, 6.45) is 0.0392. The lowest BCUT2D eigenvalue weighted by Gasteiger charge is -2.12. The normalized spacial score (nSPS) is 9.64. The molecular formula is C11H12FNO. The Morgan fingerprint density at radius 2 is 2.07 bits per heavy atom. The molecule has 0 atom stereocenters. The van der Waals surface area contributed by atoms with Gasteiger partial charge in [0.25, 0.3) is 0 Å². The first kappa shape index (κ1) is 10.5. The lowest BCUT2D eigenvalue weighted by atomic mass is 10.0. The molecule has 0 heterocycles. The van der Waals surface area contributed by atoms with Gasteiger partial charge in [0.05, 0.1) is 19.6 Å². The number of halogens is 1. The Hall–Kier alpha value is -1.56. The molecule has 1 rings (SSSR count). The van der Waals surface area contributed by atoms with Crippen LogP contribution in [0.1, 0.15) is 16.7 Å². The van der Waals surface area contributed by atoms with E-state index in [2.05, 4.69) is 0 Å². The summed E-state index contributed by atoms with van der Waals surface area (Å²) in [5.41, 5.74) is 1.76. The third kappa shape index (κ3) is 1.69. The fourth-order valence-corrected chi connectivity index (χ4v) is 1.55. The molecule has 1 aromatic rings. The number of ether oxygens (including phenoxy) is 1. The lowest BCUT2D eigenvalue weighted by Crippen LogP contribution is -2.00. The number of nitriles is 1. The molecule has 0 aliphatic rings. The summed E-state index contributed by atoms with van der Waals surface area (Å²) in [4.78, 5) is 0. The Kier molecular flexibility index (Phi) is 3.08. The zero-order valence-corrected chi connectivity index (χ0v) is 8.52. The molecular weight excluding hydrogens is 181 g/mol. The first-order chi connectivity index (χ1) is 6.61. The molecule has 0 fully saturated rings. The van der Waals surface area contributed by atoms with Crippen LogP contribution in [0.2, 0.25) is 0 Å². The Bertz CT molecular complexity index is 393. The molecule has 3 heteroatoms. The number of aryl methyl sites for hydroxylation is 2. The van der Waals surface area contributed by atoms with Crippen LogP contribution in [0, 0.1) is 31.0 Å². The molecule has 0 aromatic heterocycles. The van der Waals surface area contributed by atoms with Gasteiger partial charge in [-0.25, -0.2) is 4.39 Å². The van der Waals surface area contributed by atoms with Gasteiger partial charge in [-0.15, -0.1) is 0 Å². The van der Waals surface area contributed by atoms with Gasteiger partial charge < -0.3 is 4.74 Å². The molecule has 0 spiro atoms. The highest BCUT2D eigenvalue weighted by atomic mass is 19.1. The lowest BCUT2D eigenvalue weighted by molar-refractivity contribution is 0.402. The van der Waals surface area contributed by atoms with Crippen molar-refractivity contribution in [3.63, 3.8) is 0 Å². The van der Waals surface area contributed by atoms with Crippen LogP contribution in [0.3, 0.4) is 0 Å². The molecule has 0 N–H and O–H groups in total. The second-order valence-electron chi connectivity index (χ2n) is 3.17. The largest absolute Gasteiger partial charge is 0.496 e. The van der Waals surface area contributed by atoms with Crippen LogP contribution in [0.5, 0.6) is 5.75 Å². The number of benzene rings is 1. The summed E-state index contributed by atoms with van der Waals surface area (Å²) < 4.78 is 18.7. The van der Waals surface area contributed by atoms with E-state index in [4.69, 9.17) is 10.00 Å². The average Bonchev–Trinajstić information content (AvgIpc) is 2.14. The summed E-state index contributed by atoms with van der Waals surface area (Å²) in [5, 5.41) is 8.57. The highest BCUT2D eigenvalue weighted by Gasteiger charge is 2.14. The van der Waals surface area contributed by atoms with Crippen LogP contribution in [0.4, 0.5) is 4.39 Å². The maximum Gasteiger partial charge on any atom is 0.134 e. The summed E-state index contributed by atoms with van der Waals surface area (Å²) in [5.74, 6) is 0.142. The van der Waals surface area contributed by atoms with E-state index in [1.54, 1.807) is 13.0 Å². The van der Waals surface area contributed by atoms with E-state index in [1.165, 1.54) is 7.11 Å². The van der Waals surface area contributed by atoms with E-state index < -0.39 is 0 Å². The second kappa shape index (κ2) is 4.10. The zero-order valence-electron chi connectivity index (χ0n) is 8.52. The Balaban J connectivity index is 3.41. The van der Waals surface area contributed by atoms with Crippen LogP contribution in [-0.2, 0) is 6.42 Å². The quantitative estimate of drug-likeness (QED) is 0.723. The SMILES string of the molecule is COc1c(C)cc(C)c(F)c1CC#N. The molecule has 0 saturated carbocycles. The summed E-state index contributed by atoms with van der Waals surface area (Å²) in [7, 11) is 1.48. The monoisotopic (exact) mass is 193 g/mol. The van der Waals surface area contributed by atoms with Crippen molar-refractivity contribution in [2.75, 3.05) is 7.11 Å². The van der Waals surface area contributed by atoms with Crippen molar-refractivity contribution in [3.8, 4) is 11.8 Å². The molecule has 0 saturated heterocycles. The molecule has 2 nitrogen and oxygen atoms in total. The highest BCUT2D eigenvalue weighted by Crippen LogP contribution is 2.28. The van der Waals surface area contributed by atoms with Gasteiger partial charge in [0.2, 0.25) is 0 Å². The first-order valence-corrected chi connectivity index (χ1v) is 4.31. The standard InChI is InChI=1S/C11H12FNO/c1-7-6-8(2)11(14-3)9(4-5-13)10(7)12/h6H,4H2,1-3H3. The van der Waals surface area contributed by atoms with Crippen molar-refractivity contribution in [3.05, 3.63) is 28.6 Å². The smallest absolute Gasteiger partial charge is 0.134 e. The molecule has 1 aromatic carbocycles. The highest BCUT2D eigenvalue weighted by molar-refractivity contribution is 5.46. The van der Waals surface area contributed by atoms with Gasteiger partial charge in [-0.05, 0) is 31.0 Å². The van der Waals surface area contributed by atoms with Gasteiger partial charge in [-0.1, -0.05) is 0 Å². The van der Waals surface area contributed by atoms with Crippen LogP contribution < -0.4 is 4.74 Å². The minimum Gasteiger partial charge on any atom is -0.496 e. The van der Waals surface area contributed by atoms with Crippen LogP contribution in [0.25, 0.3) is 0 Å². The summed E-state index contributed by atoms with van der Waals surface area (Å²) >= 11 is 0. The van der Waals surface area contributed by atoms with Gasteiger partial charge in [-0.3, -0.25) is 0 Å². The molecule has 0 amide bonds. The van der Waals surface area contributed by atoms with Gasteiger partial charge in [-0.2, -0.15) is 5.26 Å². The Labute approximate surface area is 82.9 Å². The third-order valence-corrected chi connectivity index (χ3v) is 2.14. The fourth-order valence-electron chi connectivity index (χ4n) is 1.55. The van der Waals surface area contributed by atoms with Gasteiger partial charge in [0, 0.05) is 5.56 Å². The molecule has 0 radical (unpaired) electrons. The Morgan fingerprint density at radius 1 is 1.43 bits per heavy atom. The van der Waals surface area contributed by atoms with Crippen molar-refractivity contribution in [2.24, 2.45) is 0 Å². The number of methoxy groups -OCH3 is 1. The van der Waals surface area contributed by atoms with E-state index in [0.29, 0.717) is 16.9 Å². The third-order valence-electron chi connectivity index (χ3n) is 2.14. The van der Waals surface area contributed by atoms with Crippen molar-refractivity contribution >= 4 is 0 Å². The van der Waals surface area contributed by atoms with E-state index in [0.717, 1.165) is 5.56 Å². The van der Waals surface area contributed by atoms with E-state index in [9.17, 15) is 4.39 Å². The van der Waals surface area contributed by atoms with E-state index >= 15 is 0 Å². The van der Waals surface area contributed by atoms with E-state index in [1.807, 2.05) is 13.0 Å². The summed E-state index contributed by atoms with van der Waals surface area (Å²) in [6, 6.07) is 3.65. The van der Waals surface area contributed by atoms with Crippen molar-refractivity contribution in [2.45, 2.75) is 20.3 Å². The van der Waals surface area contributed by atoms with Crippen LogP contribution >= 0.6 is 0 Å². The molecule has 0 aliphatic heterocycles. The van der Waals surface area contributed by atoms with Crippen molar-refractivity contribution in [1.29, 1.82) is 5.26 Å². The molecule has 0 unspecified atom stereocenters. The average molecular weight is 193 g/mol. The van der Waals surface area contributed by atoms with Crippen molar-refractivity contribution in [1.82, 2.24) is 0 Å². The second-order valence-corrected chi connectivity index (χ2v) is 3.17. The Morgan fingerprint density at radius 3 is 2.57 bits per heavy atom. The first-order valence-electron chi connectivity index (χ1n) is 4.31. The maximum absolute atomic E-state index is 13.6. The maximum atomic E-state index is 13.6. The number of hydrogen-bond donors (Lipinski definition) is 0. The fraction of sp³-hybridized carbons (Fsp3) is 0.364. The van der Waals surface area contributed by atoms with Gasteiger partial charge >= 0.3 is 0 Å². The van der Waals surface area contributed by atoms with Crippen LogP contribution in [0.15, 0.2) is 6.07 Å². The molecule has 14 heavy (non-hydrogen) atoms. The predicted octanol–water partition coefficient (Wildman–Crippen LogP) is 2.52. The van der Waals surface area contributed by atoms with Gasteiger partial charge in [0.1, 0.15) is 11.6 Å². The predicted molar refractivity (Wildman–Crippen MR) is 51.7 cm³/mol.